The summed E-state index contributed by atoms with van der Waals surface area (Å²) in [5.74, 6) is 0.145. The van der Waals surface area contributed by atoms with Gasteiger partial charge in [0, 0.05) is 57.2 Å². The molecule has 6 nitrogen and oxygen atoms in total. The van der Waals surface area contributed by atoms with Crippen LogP contribution in [0, 0.1) is 5.92 Å². The molecule has 1 aromatic rings. The Morgan fingerprint density at radius 3 is 2.48 bits per heavy atom. The van der Waals surface area contributed by atoms with Gasteiger partial charge in [0.1, 0.15) is 0 Å². The monoisotopic (exact) mass is 338 g/mol. The summed E-state index contributed by atoms with van der Waals surface area (Å²) in [6.07, 6.45) is 5.02. The Balaban J connectivity index is 0.00000192. The molecule has 0 bridgehead atoms. The number of nitrogens with zero attached hydrogens (tertiary/aromatic N) is 3. The van der Waals surface area contributed by atoms with E-state index in [0.717, 1.165) is 45.6 Å². The lowest BCUT2D eigenvalue weighted by atomic mass is 9.95. The third-order valence-electron chi connectivity index (χ3n) is 4.41. The van der Waals surface area contributed by atoms with Gasteiger partial charge in [-0.15, -0.1) is 12.4 Å². The zero-order chi connectivity index (χ0) is 15.4. The number of piperazine rings is 1. The van der Waals surface area contributed by atoms with E-state index < -0.39 is 0 Å². The van der Waals surface area contributed by atoms with Crippen LogP contribution in [-0.2, 0) is 4.79 Å². The van der Waals surface area contributed by atoms with Crippen LogP contribution in [0.1, 0.15) is 23.2 Å². The second-order valence-electron chi connectivity index (χ2n) is 5.90. The SMILES string of the molecule is Cl.O=C(c1ccncc1)N1CCCC(C(=O)N2CCNCC2)C1. The second kappa shape index (κ2) is 8.26. The van der Waals surface area contributed by atoms with E-state index in [0.29, 0.717) is 12.1 Å². The highest BCUT2D eigenvalue weighted by Gasteiger charge is 2.31. The highest BCUT2D eigenvalue weighted by atomic mass is 35.5. The average Bonchev–Trinajstić information content (AvgIpc) is 2.62. The third-order valence-corrected chi connectivity index (χ3v) is 4.41. The van der Waals surface area contributed by atoms with Crippen molar-refractivity contribution in [2.45, 2.75) is 12.8 Å². The molecule has 1 N–H and O–H groups in total. The number of hydrogen-bond acceptors (Lipinski definition) is 4. The van der Waals surface area contributed by atoms with Gasteiger partial charge in [0.05, 0.1) is 5.92 Å². The summed E-state index contributed by atoms with van der Waals surface area (Å²) in [6.45, 7) is 4.52. The number of carbonyl (C=O) groups excluding carboxylic acids is 2. The molecule has 2 aliphatic rings. The Bertz CT molecular complexity index is 534. The third kappa shape index (κ3) is 4.20. The van der Waals surface area contributed by atoms with Crippen LogP contribution in [0.2, 0.25) is 0 Å². The van der Waals surface area contributed by atoms with Gasteiger partial charge in [-0.1, -0.05) is 0 Å². The predicted octanol–water partition coefficient (Wildman–Crippen LogP) is 0.787. The van der Waals surface area contributed by atoms with E-state index in [2.05, 4.69) is 10.3 Å². The first-order chi connectivity index (χ1) is 10.8. The van der Waals surface area contributed by atoms with E-state index in [1.54, 1.807) is 24.5 Å². The molecule has 3 heterocycles. The van der Waals surface area contributed by atoms with Gasteiger partial charge in [-0.3, -0.25) is 14.6 Å². The molecule has 126 valence electrons. The number of nitrogens with one attached hydrogen (secondary N) is 1. The zero-order valence-electron chi connectivity index (χ0n) is 13.1. The van der Waals surface area contributed by atoms with Gasteiger partial charge in [0.25, 0.3) is 5.91 Å². The fraction of sp³-hybridized carbons (Fsp3) is 0.562. The molecule has 1 aromatic heterocycles. The minimum absolute atomic E-state index is 0. The van der Waals surface area contributed by atoms with Crippen LogP contribution >= 0.6 is 12.4 Å². The van der Waals surface area contributed by atoms with E-state index >= 15 is 0 Å². The Morgan fingerprint density at radius 1 is 1.09 bits per heavy atom. The molecule has 0 aliphatic carbocycles. The minimum atomic E-state index is -0.0577. The quantitative estimate of drug-likeness (QED) is 0.865. The van der Waals surface area contributed by atoms with Crippen LogP contribution in [-0.4, -0.2) is 65.9 Å². The van der Waals surface area contributed by atoms with E-state index in [1.807, 2.05) is 9.80 Å². The van der Waals surface area contributed by atoms with E-state index in [4.69, 9.17) is 0 Å². The lowest BCUT2D eigenvalue weighted by Gasteiger charge is -2.36. The van der Waals surface area contributed by atoms with Crippen LogP contribution in [0.5, 0.6) is 0 Å². The minimum Gasteiger partial charge on any atom is -0.340 e. The first kappa shape index (κ1) is 17.7. The van der Waals surface area contributed by atoms with E-state index in [9.17, 15) is 9.59 Å². The van der Waals surface area contributed by atoms with E-state index in [1.165, 1.54) is 0 Å². The van der Waals surface area contributed by atoms with Gasteiger partial charge >= 0.3 is 0 Å². The van der Waals surface area contributed by atoms with Crippen LogP contribution in [0.4, 0.5) is 0 Å². The molecule has 0 aromatic carbocycles. The second-order valence-corrected chi connectivity index (χ2v) is 5.90. The number of pyridine rings is 1. The van der Waals surface area contributed by atoms with Crippen LogP contribution in [0.3, 0.4) is 0 Å². The zero-order valence-corrected chi connectivity index (χ0v) is 13.9. The maximum absolute atomic E-state index is 12.6. The van der Waals surface area contributed by atoms with Crippen molar-refractivity contribution in [2.75, 3.05) is 39.3 Å². The largest absolute Gasteiger partial charge is 0.340 e. The fourth-order valence-electron chi connectivity index (χ4n) is 3.18. The Kier molecular flexibility index (Phi) is 6.36. The first-order valence-electron chi connectivity index (χ1n) is 7.94. The predicted molar refractivity (Wildman–Crippen MR) is 89.6 cm³/mol. The highest BCUT2D eigenvalue weighted by Crippen LogP contribution is 2.20. The van der Waals surface area contributed by atoms with Gasteiger partial charge in [-0.2, -0.15) is 0 Å². The average molecular weight is 339 g/mol. The van der Waals surface area contributed by atoms with Crippen molar-refractivity contribution in [1.29, 1.82) is 0 Å². The number of piperidine rings is 1. The van der Waals surface area contributed by atoms with Crippen molar-refractivity contribution in [3.8, 4) is 0 Å². The van der Waals surface area contributed by atoms with Gasteiger partial charge < -0.3 is 15.1 Å². The molecule has 3 rings (SSSR count). The van der Waals surface area contributed by atoms with E-state index in [-0.39, 0.29) is 30.1 Å². The van der Waals surface area contributed by atoms with Gasteiger partial charge in [0.15, 0.2) is 0 Å². The summed E-state index contributed by atoms with van der Waals surface area (Å²) in [6, 6.07) is 3.45. The first-order valence-corrected chi connectivity index (χ1v) is 7.94. The summed E-state index contributed by atoms with van der Waals surface area (Å²) < 4.78 is 0. The Morgan fingerprint density at radius 2 is 1.78 bits per heavy atom. The molecule has 2 aliphatic heterocycles. The lowest BCUT2D eigenvalue weighted by molar-refractivity contribution is -0.137. The molecule has 23 heavy (non-hydrogen) atoms. The molecule has 2 saturated heterocycles. The maximum atomic E-state index is 12.6. The molecular weight excluding hydrogens is 316 g/mol. The fourth-order valence-corrected chi connectivity index (χ4v) is 3.18. The number of rotatable bonds is 2. The molecule has 2 fully saturated rings. The Hall–Kier alpha value is -1.66. The van der Waals surface area contributed by atoms with Crippen molar-refractivity contribution in [3.63, 3.8) is 0 Å². The van der Waals surface area contributed by atoms with Crippen molar-refractivity contribution >= 4 is 24.2 Å². The van der Waals surface area contributed by atoms with Crippen LogP contribution in [0.15, 0.2) is 24.5 Å². The van der Waals surface area contributed by atoms with Crippen LogP contribution in [0.25, 0.3) is 0 Å². The van der Waals surface area contributed by atoms with Gasteiger partial charge in [0.2, 0.25) is 5.91 Å². The standard InChI is InChI=1S/C16H22N4O2.ClH/c21-15(13-3-5-17-6-4-13)20-9-1-2-14(12-20)16(22)19-10-7-18-8-11-19;/h3-6,14,18H,1-2,7-12H2;1H. The highest BCUT2D eigenvalue weighted by molar-refractivity contribution is 5.94. The molecular formula is C16H23ClN4O2. The van der Waals surface area contributed by atoms with Crippen molar-refractivity contribution < 1.29 is 9.59 Å². The van der Waals surface area contributed by atoms with Crippen LogP contribution < -0.4 is 5.32 Å². The molecule has 0 spiro atoms. The summed E-state index contributed by atoms with van der Waals surface area (Å²) in [4.78, 5) is 32.8. The summed E-state index contributed by atoms with van der Waals surface area (Å²) in [7, 11) is 0. The number of likely N-dealkylation sites (tertiary alicyclic amines) is 1. The van der Waals surface area contributed by atoms with Crippen molar-refractivity contribution in [1.82, 2.24) is 20.1 Å². The molecule has 7 heteroatoms. The normalized spacial score (nSPS) is 21.5. The molecule has 1 atom stereocenters. The number of carbonyl (C=O) groups is 2. The number of aromatic nitrogens is 1. The summed E-state index contributed by atoms with van der Waals surface area (Å²) in [5.41, 5.74) is 0.644. The van der Waals surface area contributed by atoms with Crippen molar-refractivity contribution in [3.05, 3.63) is 30.1 Å². The number of amides is 2. The smallest absolute Gasteiger partial charge is 0.253 e. The molecule has 1 unspecified atom stereocenters. The Labute approximate surface area is 142 Å². The van der Waals surface area contributed by atoms with Gasteiger partial charge in [-0.25, -0.2) is 0 Å². The summed E-state index contributed by atoms with van der Waals surface area (Å²) in [5, 5.41) is 3.26. The number of hydrogen-bond donors (Lipinski definition) is 1. The molecule has 0 radical (unpaired) electrons. The number of halogens is 1. The lowest BCUT2D eigenvalue weighted by Crippen LogP contribution is -2.52. The molecule has 2 amide bonds. The molecule has 0 saturated carbocycles. The van der Waals surface area contributed by atoms with Gasteiger partial charge in [-0.05, 0) is 25.0 Å². The summed E-state index contributed by atoms with van der Waals surface area (Å²) >= 11 is 0. The van der Waals surface area contributed by atoms with Crippen molar-refractivity contribution in [2.24, 2.45) is 5.92 Å². The maximum Gasteiger partial charge on any atom is 0.253 e. The topological polar surface area (TPSA) is 65.5 Å².